The summed E-state index contributed by atoms with van der Waals surface area (Å²) in [4.78, 5) is 28.5. The van der Waals surface area contributed by atoms with Gasteiger partial charge in [-0.15, -0.1) is 0 Å². The molecular formula is C17H22N4O3. The summed E-state index contributed by atoms with van der Waals surface area (Å²) in [6, 6.07) is 6.09. The van der Waals surface area contributed by atoms with E-state index in [0.717, 1.165) is 36.8 Å². The number of fused-ring (bicyclic) bond motifs is 1. The minimum absolute atomic E-state index is 0.355. The number of piperidine rings is 1. The Morgan fingerprint density at radius 3 is 2.83 bits per heavy atom. The van der Waals surface area contributed by atoms with Crippen molar-refractivity contribution in [1.82, 2.24) is 14.5 Å². The Morgan fingerprint density at radius 2 is 2.08 bits per heavy atom. The van der Waals surface area contributed by atoms with E-state index in [9.17, 15) is 9.59 Å². The van der Waals surface area contributed by atoms with Crippen molar-refractivity contribution in [2.75, 3.05) is 19.7 Å². The van der Waals surface area contributed by atoms with Crippen molar-refractivity contribution in [2.24, 2.45) is 11.7 Å². The molecule has 0 spiro atoms. The van der Waals surface area contributed by atoms with Crippen molar-refractivity contribution in [3.63, 3.8) is 0 Å². The predicted octanol–water partition coefficient (Wildman–Crippen LogP) is 1.76. The molecule has 2 N–H and O–H groups in total. The van der Waals surface area contributed by atoms with Crippen LogP contribution < -0.4 is 5.73 Å². The second kappa shape index (κ2) is 7.33. The smallest absolute Gasteiger partial charge is 0.410 e. The molecule has 24 heavy (non-hydrogen) atoms. The van der Waals surface area contributed by atoms with Gasteiger partial charge in [-0.2, -0.15) is 0 Å². The van der Waals surface area contributed by atoms with Gasteiger partial charge in [0.25, 0.3) is 5.91 Å². The van der Waals surface area contributed by atoms with Gasteiger partial charge >= 0.3 is 6.09 Å². The van der Waals surface area contributed by atoms with Gasteiger partial charge < -0.3 is 19.9 Å². The SMILES string of the molecule is NC(=O)COC(=O)N1CCC(CCn2ccc3cccnc32)CC1. The summed E-state index contributed by atoms with van der Waals surface area (Å²) < 4.78 is 7.03. The molecule has 0 radical (unpaired) electrons. The molecule has 0 unspecified atom stereocenters. The number of carbonyl (C=O) groups excluding carboxylic acids is 2. The Morgan fingerprint density at radius 1 is 1.29 bits per heavy atom. The number of hydrogen-bond donors (Lipinski definition) is 1. The second-order valence-electron chi connectivity index (χ2n) is 6.17. The third kappa shape index (κ3) is 3.84. The van der Waals surface area contributed by atoms with E-state index in [4.69, 9.17) is 10.5 Å². The number of ether oxygens (including phenoxy) is 1. The van der Waals surface area contributed by atoms with E-state index < -0.39 is 12.0 Å². The molecular weight excluding hydrogens is 308 g/mol. The van der Waals surface area contributed by atoms with Crippen molar-refractivity contribution < 1.29 is 14.3 Å². The zero-order valence-corrected chi connectivity index (χ0v) is 13.6. The fourth-order valence-corrected chi connectivity index (χ4v) is 3.15. The minimum Gasteiger partial charge on any atom is -0.439 e. The van der Waals surface area contributed by atoms with Crippen LogP contribution in [0.5, 0.6) is 0 Å². The third-order valence-corrected chi connectivity index (χ3v) is 4.51. The van der Waals surface area contributed by atoms with Gasteiger partial charge in [-0.3, -0.25) is 4.79 Å². The lowest BCUT2D eigenvalue weighted by Crippen LogP contribution is -2.40. The summed E-state index contributed by atoms with van der Waals surface area (Å²) in [5.74, 6) is -0.0582. The lowest BCUT2D eigenvalue weighted by atomic mass is 9.94. The van der Waals surface area contributed by atoms with E-state index in [1.165, 1.54) is 0 Å². The number of likely N-dealkylation sites (tertiary alicyclic amines) is 1. The summed E-state index contributed by atoms with van der Waals surface area (Å²) in [5.41, 5.74) is 5.99. The average Bonchev–Trinajstić information content (AvgIpc) is 3.01. The molecule has 7 heteroatoms. The molecule has 1 aliphatic heterocycles. The molecule has 0 bridgehead atoms. The molecule has 0 saturated carbocycles. The van der Waals surface area contributed by atoms with Gasteiger partial charge in [-0.1, -0.05) is 0 Å². The molecule has 0 atom stereocenters. The summed E-state index contributed by atoms with van der Waals surface area (Å²) in [5, 5.41) is 1.16. The second-order valence-corrected chi connectivity index (χ2v) is 6.17. The lowest BCUT2D eigenvalue weighted by molar-refractivity contribution is -0.121. The number of aryl methyl sites for hydroxylation is 1. The van der Waals surface area contributed by atoms with Crippen LogP contribution in [0.25, 0.3) is 11.0 Å². The molecule has 3 rings (SSSR count). The highest BCUT2D eigenvalue weighted by molar-refractivity contribution is 5.78. The summed E-state index contributed by atoms with van der Waals surface area (Å²) in [6.07, 6.45) is 6.39. The third-order valence-electron chi connectivity index (χ3n) is 4.51. The first kappa shape index (κ1) is 16.3. The van der Waals surface area contributed by atoms with Crippen LogP contribution >= 0.6 is 0 Å². The molecule has 2 aromatic heterocycles. The highest BCUT2D eigenvalue weighted by atomic mass is 16.6. The van der Waals surface area contributed by atoms with Crippen molar-refractivity contribution in [2.45, 2.75) is 25.8 Å². The topological polar surface area (TPSA) is 90.5 Å². The van der Waals surface area contributed by atoms with E-state index in [0.29, 0.717) is 19.0 Å². The number of nitrogens with two attached hydrogens (primary N) is 1. The Labute approximate surface area is 140 Å². The first-order valence-electron chi connectivity index (χ1n) is 8.23. The van der Waals surface area contributed by atoms with Gasteiger partial charge in [-0.05, 0) is 43.4 Å². The molecule has 7 nitrogen and oxygen atoms in total. The lowest BCUT2D eigenvalue weighted by Gasteiger charge is -2.31. The fraction of sp³-hybridized carbons (Fsp3) is 0.471. The highest BCUT2D eigenvalue weighted by Crippen LogP contribution is 2.23. The zero-order valence-electron chi connectivity index (χ0n) is 13.6. The summed E-state index contributed by atoms with van der Waals surface area (Å²) >= 11 is 0. The normalized spacial score (nSPS) is 15.6. The molecule has 1 fully saturated rings. The molecule has 0 aromatic carbocycles. The maximum Gasteiger partial charge on any atom is 0.410 e. The van der Waals surface area contributed by atoms with Gasteiger partial charge in [-0.25, -0.2) is 9.78 Å². The highest BCUT2D eigenvalue weighted by Gasteiger charge is 2.24. The standard InChI is InChI=1S/C17H22N4O3/c18-15(22)12-24-17(23)21-9-4-13(5-10-21)3-8-20-11-6-14-2-1-7-19-16(14)20/h1-2,6-7,11,13H,3-5,8-10,12H2,(H2,18,22). The molecule has 128 valence electrons. The quantitative estimate of drug-likeness (QED) is 0.904. The predicted molar refractivity (Wildman–Crippen MR) is 89.2 cm³/mol. The van der Waals surface area contributed by atoms with Crippen LogP contribution in [-0.4, -0.2) is 46.1 Å². The molecule has 1 aliphatic rings. The van der Waals surface area contributed by atoms with E-state index in [2.05, 4.69) is 27.9 Å². The first-order chi connectivity index (χ1) is 11.6. The zero-order chi connectivity index (χ0) is 16.9. The fourth-order valence-electron chi connectivity index (χ4n) is 3.15. The van der Waals surface area contributed by atoms with Crippen LogP contribution in [0.2, 0.25) is 0 Å². The van der Waals surface area contributed by atoms with Gasteiger partial charge in [0.15, 0.2) is 6.61 Å². The van der Waals surface area contributed by atoms with Crippen LogP contribution in [0.3, 0.4) is 0 Å². The summed E-state index contributed by atoms with van der Waals surface area (Å²) in [7, 11) is 0. The van der Waals surface area contributed by atoms with Crippen molar-refractivity contribution in [3.05, 3.63) is 30.6 Å². The molecule has 3 heterocycles. The van der Waals surface area contributed by atoms with Crippen molar-refractivity contribution in [1.29, 1.82) is 0 Å². The Kier molecular flexibility index (Phi) is 4.98. The maximum absolute atomic E-state index is 11.8. The molecule has 0 aliphatic carbocycles. The Bertz CT molecular complexity index is 719. The minimum atomic E-state index is -0.634. The number of amides is 2. The van der Waals surface area contributed by atoms with Crippen LogP contribution in [0.4, 0.5) is 4.79 Å². The largest absolute Gasteiger partial charge is 0.439 e. The van der Waals surface area contributed by atoms with Crippen LogP contribution in [0, 0.1) is 5.92 Å². The number of carbonyl (C=O) groups is 2. The Balaban J connectivity index is 1.46. The van der Waals surface area contributed by atoms with E-state index >= 15 is 0 Å². The number of primary amides is 1. The van der Waals surface area contributed by atoms with Gasteiger partial charge in [0.1, 0.15) is 5.65 Å². The van der Waals surface area contributed by atoms with Gasteiger partial charge in [0.05, 0.1) is 0 Å². The average molecular weight is 330 g/mol. The first-order valence-corrected chi connectivity index (χ1v) is 8.23. The number of pyridine rings is 1. The number of hydrogen-bond acceptors (Lipinski definition) is 4. The maximum atomic E-state index is 11.8. The van der Waals surface area contributed by atoms with Gasteiger partial charge in [0, 0.05) is 37.4 Å². The molecule has 1 saturated heterocycles. The van der Waals surface area contributed by atoms with E-state index in [1.807, 2.05) is 12.3 Å². The van der Waals surface area contributed by atoms with Crippen LogP contribution in [0.15, 0.2) is 30.6 Å². The van der Waals surface area contributed by atoms with Crippen molar-refractivity contribution in [3.8, 4) is 0 Å². The molecule has 2 amide bonds. The van der Waals surface area contributed by atoms with Crippen LogP contribution in [-0.2, 0) is 16.1 Å². The van der Waals surface area contributed by atoms with Gasteiger partial charge in [0.2, 0.25) is 0 Å². The number of rotatable bonds is 5. The summed E-state index contributed by atoms with van der Waals surface area (Å²) in [6.45, 7) is 1.89. The Hall–Kier alpha value is -2.57. The molecule has 2 aromatic rings. The number of aromatic nitrogens is 2. The van der Waals surface area contributed by atoms with E-state index in [1.54, 1.807) is 4.90 Å². The van der Waals surface area contributed by atoms with E-state index in [-0.39, 0.29) is 6.61 Å². The van der Waals surface area contributed by atoms with Crippen molar-refractivity contribution >= 4 is 23.0 Å². The van der Waals surface area contributed by atoms with Crippen LogP contribution in [0.1, 0.15) is 19.3 Å². The monoisotopic (exact) mass is 330 g/mol. The number of nitrogens with zero attached hydrogens (tertiary/aromatic N) is 3.